The summed E-state index contributed by atoms with van der Waals surface area (Å²) in [4.78, 5) is 12.4. The molecule has 0 radical (unpaired) electrons. The SMILES string of the molecule is Cc1ccc(-n2cc(C(=O)Nc3ccccc3C(C)O)nn2)cc1. The summed E-state index contributed by atoms with van der Waals surface area (Å²) < 4.78 is 1.55. The normalized spacial score (nSPS) is 12.0. The van der Waals surface area contributed by atoms with E-state index in [-0.39, 0.29) is 11.6 Å². The predicted octanol–water partition coefficient (Wildman–Crippen LogP) is 2.88. The lowest BCUT2D eigenvalue weighted by atomic mass is 10.1. The zero-order chi connectivity index (χ0) is 17.1. The Balaban J connectivity index is 1.81. The zero-order valence-electron chi connectivity index (χ0n) is 13.5. The monoisotopic (exact) mass is 322 g/mol. The molecule has 122 valence electrons. The molecule has 6 nitrogen and oxygen atoms in total. The van der Waals surface area contributed by atoms with Gasteiger partial charge in [0, 0.05) is 11.3 Å². The Kier molecular flexibility index (Phi) is 4.39. The van der Waals surface area contributed by atoms with E-state index in [2.05, 4.69) is 15.6 Å². The summed E-state index contributed by atoms with van der Waals surface area (Å²) in [6.07, 6.45) is 0.898. The van der Waals surface area contributed by atoms with Crippen LogP contribution in [0.4, 0.5) is 5.69 Å². The van der Waals surface area contributed by atoms with Gasteiger partial charge in [-0.15, -0.1) is 5.10 Å². The van der Waals surface area contributed by atoms with Crippen molar-refractivity contribution in [1.82, 2.24) is 15.0 Å². The Morgan fingerprint density at radius 1 is 1.17 bits per heavy atom. The van der Waals surface area contributed by atoms with E-state index in [1.807, 2.05) is 37.3 Å². The molecule has 0 bridgehead atoms. The lowest BCUT2D eigenvalue weighted by Gasteiger charge is -2.11. The Hall–Kier alpha value is -2.99. The number of benzene rings is 2. The van der Waals surface area contributed by atoms with Gasteiger partial charge < -0.3 is 10.4 Å². The molecule has 2 N–H and O–H groups in total. The third kappa shape index (κ3) is 3.33. The number of rotatable bonds is 4. The van der Waals surface area contributed by atoms with Crippen LogP contribution in [0, 0.1) is 6.92 Å². The third-order valence-corrected chi connectivity index (χ3v) is 3.68. The Morgan fingerprint density at radius 2 is 1.88 bits per heavy atom. The number of anilines is 1. The number of hydrogen-bond acceptors (Lipinski definition) is 4. The lowest BCUT2D eigenvalue weighted by molar-refractivity contribution is 0.102. The van der Waals surface area contributed by atoms with E-state index in [1.54, 1.807) is 36.0 Å². The summed E-state index contributed by atoms with van der Waals surface area (Å²) in [6.45, 7) is 3.66. The summed E-state index contributed by atoms with van der Waals surface area (Å²) in [5, 5.41) is 20.5. The van der Waals surface area contributed by atoms with E-state index in [4.69, 9.17) is 0 Å². The van der Waals surface area contributed by atoms with Crippen LogP contribution in [0.3, 0.4) is 0 Å². The van der Waals surface area contributed by atoms with Gasteiger partial charge >= 0.3 is 0 Å². The van der Waals surface area contributed by atoms with Crippen molar-refractivity contribution in [1.29, 1.82) is 0 Å². The molecule has 0 fully saturated rings. The van der Waals surface area contributed by atoms with Gasteiger partial charge in [-0.2, -0.15) is 0 Å². The number of para-hydroxylation sites is 1. The summed E-state index contributed by atoms with van der Waals surface area (Å²) in [5.41, 5.74) is 3.39. The smallest absolute Gasteiger partial charge is 0.277 e. The first kappa shape index (κ1) is 15.9. The molecule has 0 saturated carbocycles. The van der Waals surface area contributed by atoms with Gasteiger partial charge in [-0.05, 0) is 32.0 Å². The fraction of sp³-hybridized carbons (Fsp3) is 0.167. The standard InChI is InChI=1S/C18H18N4O2/c1-12-7-9-14(10-8-12)22-11-17(20-21-22)18(24)19-16-6-4-3-5-15(16)13(2)23/h3-11,13,23H,1-2H3,(H,19,24). The van der Waals surface area contributed by atoms with Crippen LogP contribution < -0.4 is 5.32 Å². The summed E-state index contributed by atoms with van der Waals surface area (Å²) in [6, 6.07) is 14.9. The molecular weight excluding hydrogens is 304 g/mol. The number of nitrogens with one attached hydrogen (secondary N) is 1. The third-order valence-electron chi connectivity index (χ3n) is 3.68. The Labute approximate surface area is 139 Å². The van der Waals surface area contributed by atoms with Crippen molar-refractivity contribution in [3.05, 3.63) is 71.5 Å². The molecule has 24 heavy (non-hydrogen) atoms. The average Bonchev–Trinajstić information content (AvgIpc) is 3.06. The summed E-state index contributed by atoms with van der Waals surface area (Å²) >= 11 is 0. The minimum absolute atomic E-state index is 0.205. The molecule has 0 spiro atoms. The van der Waals surface area contributed by atoms with Crippen LogP contribution >= 0.6 is 0 Å². The number of aliphatic hydroxyl groups is 1. The second-order valence-electron chi connectivity index (χ2n) is 5.60. The number of hydrogen-bond donors (Lipinski definition) is 2. The second kappa shape index (κ2) is 6.64. The first-order valence-electron chi connectivity index (χ1n) is 7.62. The van der Waals surface area contributed by atoms with Gasteiger partial charge in [0.05, 0.1) is 18.0 Å². The largest absolute Gasteiger partial charge is 0.389 e. The van der Waals surface area contributed by atoms with Crippen molar-refractivity contribution < 1.29 is 9.90 Å². The van der Waals surface area contributed by atoms with Crippen LogP contribution in [0.25, 0.3) is 5.69 Å². The molecule has 0 aliphatic rings. The van der Waals surface area contributed by atoms with Crippen molar-refractivity contribution in [3.63, 3.8) is 0 Å². The second-order valence-corrected chi connectivity index (χ2v) is 5.60. The van der Waals surface area contributed by atoms with Gasteiger partial charge in [0.15, 0.2) is 5.69 Å². The van der Waals surface area contributed by atoms with Gasteiger partial charge in [0.1, 0.15) is 0 Å². The first-order valence-corrected chi connectivity index (χ1v) is 7.62. The summed E-state index contributed by atoms with van der Waals surface area (Å²) in [7, 11) is 0. The van der Waals surface area contributed by atoms with Crippen LogP contribution in [0.2, 0.25) is 0 Å². The zero-order valence-corrected chi connectivity index (χ0v) is 13.5. The molecule has 6 heteroatoms. The summed E-state index contributed by atoms with van der Waals surface area (Å²) in [5.74, 6) is -0.374. The van der Waals surface area contributed by atoms with E-state index >= 15 is 0 Å². The van der Waals surface area contributed by atoms with Crippen molar-refractivity contribution in [2.75, 3.05) is 5.32 Å². The van der Waals surface area contributed by atoms with Gasteiger partial charge in [-0.3, -0.25) is 4.79 Å². The van der Waals surface area contributed by atoms with E-state index in [1.165, 1.54) is 0 Å². The van der Waals surface area contributed by atoms with E-state index in [0.717, 1.165) is 11.3 Å². The van der Waals surface area contributed by atoms with Gasteiger partial charge in [-0.25, -0.2) is 4.68 Å². The molecular formula is C18H18N4O2. The highest BCUT2D eigenvalue weighted by Crippen LogP contribution is 2.22. The van der Waals surface area contributed by atoms with Gasteiger partial charge in [-0.1, -0.05) is 41.1 Å². The number of amides is 1. The number of aromatic nitrogens is 3. The number of aryl methyl sites for hydroxylation is 1. The van der Waals surface area contributed by atoms with Crippen LogP contribution in [-0.4, -0.2) is 26.0 Å². The van der Waals surface area contributed by atoms with Crippen molar-refractivity contribution in [2.45, 2.75) is 20.0 Å². The number of carbonyl (C=O) groups excluding carboxylic acids is 1. The maximum absolute atomic E-state index is 12.4. The lowest BCUT2D eigenvalue weighted by Crippen LogP contribution is -2.14. The molecule has 3 aromatic rings. The Morgan fingerprint density at radius 3 is 2.58 bits per heavy atom. The molecule has 0 saturated heterocycles. The molecule has 1 atom stereocenters. The molecule has 3 rings (SSSR count). The van der Waals surface area contributed by atoms with Gasteiger partial charge in [0.2, 0.25) is 0 Å². The number of carbonyl (C=O) groups is 1. The highest BCUT2D eigenvalue weighted by Gasteiger charge is 2.15. The predicted molar refractivity (Wildman–Crippen MR) is 91.1 cm³/mol. The van der Waals surface area contributed by atoms with E-state index in [0.29, 0.717) is 11.3 Å². The highest BCUT2D eigenvalue weighted by atomic mass is 16.3. The quantitative estimate of drug-likeness (QED) is 0.774. The fourth-order valence-electron chi connectivity index (χ4n) is 2.35. The number of aliphatic hydroxyl groups excluding tert-OH is 1. The highest BCUT2D eigenvalue weighted by molar-refractivity contribution is 6.03. The first-order chi connectivity index (χ1) is 11.5. The van der Waals surface area contributed by atoms with Crippen LogP contribution in [-0.2, 0) is 0 Å². The molecule has 0 aliphatic heterocycles. The molecule has 1 amide bonds. The topological polar surface area (TPSA) is 80.0 Å². The van der Waals surface area contributed by atoms with Crippen molar-refractivity contribution in [3.8, 4) is 5.69 Å². The van der Waals surface area contributed by atoms with Crippen molar-refractivity contribution in [2.24, 2.45) is 0 Å². The number of nitrogens with zero attached hydrogens (tertiary/aromatic N) is 3. The maximum Gasteiger partial charge on any atom is 0.277 e. The molecule has 0 aliphatic carbocycles. The molecule has 1 heterocycles. The van der Waals surface area contributed by atoms with Crippen LogP contribution in [0.1, 0.15) is 34.6 Å². The molecule has 2 aromatic carbocycles. The van der Waals surface area contributed by atoms with Crippen LogP contribution in [0.5, 0.6) is 0 Å². The van der Waals surface area contributed by atoms with Crippen molar-refractivity contribution >= 4 is 11.6 Å². The van der Waals surface area contributed by atoms with E-state index in [9.17, 15) is 9.90 Å². The molecule has 1 aromatic heterocycles. The maximum atomic E-state index is 12.4. The minimum Gasteiger partial charge on any atom is -0.389 e. The van der Waals surface area contributed by atoms with Crippen LogP contribution in [0.15, 0.2) is 54.7 Å². The minimum atomic E-state index is -0.676. The Bertz CT molecular complexity index is 853. The van der Waals surface area contributed by atoms with E-state index < -0.39 is 6.10 Å². The molecule has 1 unspecified atom stereocenters. The van der Waals surface area contributed by atoms with Gasteiger partial charge in [0.25, 0.3) is 5.91 Å². The average molecular weight is 322 g/mol. The fourth-order valence-corrected chi connectivity index (χ4v) is 2.35.